The second-order valence-corrected chi connectivity index (χ2v) is 16.1. The molecule has 8 atom stereocenters. The Hall–Kier alpha value is -4.57. The van der Waals surface area contributed by atoms with Crippen LogP contribution in [0.2, 0.25) is 0 Å². The Kier molecular flexibility index (Phi) is 16.2. The first-order valence-electron chi connectivity index (χ1n) is 20.2. The van der Waals surface area contributed by atoms with Gasteiger partial charge in [0.2, 0.25) is 35.4 Å². The van der Waals surface area contributed by atoms with Gasteiger partial charge in [-0.05, 0) is 54.6 Å². The fourth-order valence-corrected chi connectivity index (χ4v) is 8.06. The van der Waals surface area contributed by atoms with E-state index in [0.717, 1.165) is 43.2 Å². The Bertz CT molecular complexity index is 1580. The molecular formula is C40H62N8O8. The normalized spacial score (nSPS) is 21.7. The van der Waals surface area contributed by atoms with Crippen molar-refractivity contribution >= 4 is 41.4 Å². The van der Waals surface area contributed by atoms with Crippen LogP contribution < -0.4 is 38.1 Å². The number of primary amides is 2. The van der Waals surface area contributed by atoms with Gasteiger partial charge in [0.25, 0.3) is 5.91 Å². The van der Waals surface area contributed by atoms with Crippen molar-refractivity contribution in [2.45, 2.75) is 147 Å². The van der Waals surface area contributed by atoms with Gasteiger partial charge in [-0.1, -0.05) is 90.5 Å². The molecule has 7 amide bonds. The lowest BCUT2D eigenvalue weighted by Crippen LogP contribution is -2.61. The van der Waals surface area contributed by atoms with Gasteiger partial charge in [0.05, 0.1) is 18.5 Å². The molecule has 1 aromatic rings. The number of amides is 7. The molecule has 0 bridgehead atoms. The van der Waals surface area contributed by atoms with Crippen molar-refractivity contribution in [1.29, 1.82) is 0 Å². The van der Waals surface area contributed by atoms with Crippen LogP contribution >= 0.6 is 0 Å². The van der Waals surface area contributed by atoms with Crippen molar-refractivity contribution in [2.24, 2.45) is 29.2 Å². The van der Waals surface area contributed by atoms with Crippen LogP contribution in [0.3, 0.4) is 0 Å². The third kappa shape index (κ3) is 11.7. The Balaban J connectivity index is 1.49. The zero-order valence-electron chi connectivity index (χ0n) is 33.2. The largest absolute Gasteiger partial charge is 0.381 e. The highest BCUT2D eigenvalue weighted by Crippen LogP contribution is 2.29. The van der Waals surface area contributed by atoms with Crippen LogP contribution in [0.25, 0.3) is 0 Å². The van der Waals surface area contributed by atoms with Crippen LogP contribution in [0.5, 0.6) is 0 Å². The summed E-state index contributed by atoms with van der Waals surface area (Å²) in [6, 6.07) is 1.59. The van der Waals surface area contributed by atoms with E-state index in [1.54, 1.807) is 20.8 Å². The molecule has 56 heavy (non-hydrogen) atoms. The number of carbonyl (C=O) groups is 7. The molecular weight excluding hydrogens is 720 g/mol. The number of nitrogens with zero attached hydrogens (tertiary/aromatic N) is 1. The Labute approximate surface area is 329 Å². The number of aliphatic hydroxyl groups excluding tert-OH is 1. The van der Waals surface area contributed by atoms with Gasteiger partial charge in [0, 0.05) is 13.1 Å². The van der Waals surface area contributed by atoms with E-state index in [1.165, 1.54) is 4.90 Å². The van der Waals surface area contributed by atoms with Crippen molar-refractivity contribution in [1.82, 2.24) is 31.5 Å². The summed E-state index contributed by atoms with van der Waals surface area (Å²) in [5, 5.41) is 25.8. The molecule has 1 aliphatic carbocycles. The summed E-state index contributed by atoms with van der Waals surface area (Å²) < 4.78 is 0. The number of likely N-dealkylation sites (tertiary alicyclic amines) is 1. The Morgan fingerprint density at radius 3 is 2.14 bits per heavy atom. The van der Waals surface area contributed by atoms with E-state index >= 15 is 0 Å². The zero-order valence-corrected chi connectivity index (χ0v) is 33.2. The maximum Gasteiger partial charge on any atom is 0.254 e. The molecule has 2 aliphatic heterocycles. The minimum Gasteiger partial charge on any atom is -0.381 e. The van der Waals surface area contributed by atoms with Crippen molar-refractivity contribution in [3.63, 3.8) is 0 Å². The molecule has 0 aromatic heterocycles. The second kappa shape index (κ2) is 20.6. The van der Waals surface area contributed by atoms with E-state index in [2.05, 4.69) is 26.6 Å². The summed E-state index contributed by atoms with van der Waals surface area (Å²) in [5.74, 6) is -5.22. The number of benzene rings is 1. The molecule has 1 saturated carbocycles. The predicted octanol–water partition coefficient (Wildman–Crippen LogP) is 0.0252. The van der Waals surface area contributed by atoms with E-state index in [-0.39, 0.29) is 37.1 Å². The molecule has 310 valence electrons. The van der Waals surface area contributed by atoms with Crippen LogP contribution in [-0.4, -0.2) is 100 Å². The summed E-state index contributed by atoms with van der Waals surface area (Å²) in [6.07, 6.45) is 4.30. The Morgan fingerprint density at radius 1 is 0.839 bits per heavy atom. The topological polar surface area (TPSA) is 255 Å². The highest BCUT2D eigenvalue weighted by molar-refractivity contribution is 5.96. The molecule has 0 spiro atoms. The van der Waals surface area contributed by atoms with Crippen molar-refractivity contribution in [3.8, 4) is 0 Å². The standard InChI is InChI=1S/C40H62N8O8/c1-5-23(4)33(39(55)46-32(22(2)3)35(42)51)47-38(54)30-16-11-17-48(30)40(56)34(50)27(18-24-12-7-6-8-13-24)44-37(53)29(20-31(41)49)45-36(52)28-19-25-14-9-10-15-26(25)21-43-28/h9-10,14-15,22-24,27-30,32-34,43,50H,5-8,11-13,16-21H2,1-4H3,(H2,41,49)(H2,42,51)(H,44,53)(H,45,52)(H,46,55)(H,47,54)/t23-,27+,28-,29+,30+,32+,33+,34+/m1/s1. The molecule has 0 radical (unpaired) electrons. The monoisotopic (exact) mass is 782 g/mol. The molecule has 16 nitrogen and oxygen atoms in total. The van der Waals surface area contributed by atoms with Crippen molar-refractivity contribution in [3.05, 3.63) is 35.4 Å². The molecule has 2 fully saturated rings. The van der Waals surface area contributed by atoms with Crippen molar-refractivity contribution < 1.29 is 38.7 Å². The molecule has 16 heteroatoms. The molecule has 1 aromatic carbocycles. The third-order valence-electron chi connectivity index (χ3n) is 11.6. The summed E-state index contributed by atoms with van der Waals surface area (Å²) in [5.41, 5.74) is 13.1. The number of hydrogen-bond donors (Lipinski definition) is 8. The van der Waals surface area contributed by atoms with E-state index in [9.17, 15) is 38.7 Å². The summed E-state index contributed by atoms with van der Waals surface area (Å²) in [4.78, 5) is 94.1. The maximum absolute atomic E-state index is 14.1. The van der Waals surface area contributed by atoms with Gasteiger partial charge >= 0.3 is 0 Å². The fraction of sp³-hybridized carbons (Fsp3) is 0.675. The number of carbonyl (C=O) groups excluding carboxylic acids is 7. The van der Waals surface area contributed by atoms with Crippen LogP contribution in [0, 0.1) is 17.8 Å². The van der Waals surface area contributed by atoms with Gasteiger partial charge in [0.1, 0.15) is 24.2 Å². The summed E-state index contributed by atoms with van der Waals surface area (Å²) in [7, 11) is 0. The molecule has 4 rings (SSSR count). The fourth-order valence-electron chi connectivity index (χ4n) is 8.06. The van der Waals surface area contributed by atoms with Gasteiger partial charge in [-0.3, -0.25) is 33.6 Å². The zero-order chi connectivity index (χ0) is 41.1. The lowest BCUT2D eigenvalue weighted by Gasteiger charge is -2.34. The molecule has 1 saturated heterocycles. The van der Waals surface area contributed by atoms with Gasteiger partial charge in [-0.2, -0.15) is 0 Å². The van der Waals surface area contributed by atoms with Crippen molar-refractivity contribution in [2.75, 3.05) is 6.54 Å². The number of fused-ring (bicyclic) bond motifs is 1. The van der Waals surface area contributed by atoms with E-state index in [4.69, 9.17) is 11.5 Å². The van der Waals surface area contributed by atoms with Gasteiger partial charge in [0.15, 0.2) is 6.10 Å². The SMILES string of the molecule is CC[C@@H](C)[C@H](NC(=O)[C@@H]1CCCN1C(=O)[C@@H](O)[C@H](CC1CCCCC1)NC(=O)[C@H](CC(N)=O)NC(=O)[C@H]1Cc2ccccc2CN1)C(=O)N[C@H](C(N)=O)C(C)C. The van der Waals surface area contributed by atoms with E-state index in [0.29, 0.717) is 25.8 Å². The van der Waals surface area contributed by atoms with Gasteiger partial charge in [-0.25, -0.2) is 0 Å². The Morgan fingerprint density at radius 2 is 1.52 bits per heavy atom. The maximum atomic E-state index is 14.1. The van der Waals surface area contributed by atoms with Crippen LogP contribution in [0.1, 0.15) is 103 Å². The molecule has 0 unspecified atom stereocenters. The second-order valence-electron chi connectivity index (χ2n) is 16.1. The van der Waals surface area contributed by atoms with Crippen LogP contribution in [0.4, 0.5) is 0 Å². The van der Waals surface area contributed by atoms with Crippen LogP contribution in [0.15, 0.2) is 24.3 Å². The average Bonchev–Trinajstić information content (AvgIpc) is 3.67. The van der Waals surface area contributed by atoms with Gasteiger partial charge in [-0.15, -0.1) is 0 Å². The average molecular weight is 783 g/mol. The number of rotatable bonds is 18. The number of nitrogens with two attached hydrogens (primary N) is 2. The third-order valence-corrected chi connectivity index (χ3v) is 11.6. The summed E-state index contributed by atoms with van der Waals surface area (Å²) in [6.45, 7) is 7.75. The van der Waals surface area contributed by atoms with Crippen LogP contribution in [-0.2, 0) is 46.5 Å². The highest BCUT2D eigenvalue weighted by Gasteiger charge is 2.42. The van der Waals surface area contributed by atoms with E-state index in [1.807, 2.05) is 31.2 Å². The smallest absolute Gasteiger partial charge is 0.254 e. The minimum atomic E-state index is -1.76. The first-order chi connectivity index (χ1) is 26.6. The predicted molar refractivity (Wildman–Crippen MR) is 208 cm³/mol. The minimum absolute atomic E-state index is 0.0923. The number of nitrogens with one attached hydrogen (secondary N) is 5. The van der Waals surface area contributed by atoms with E-state index < -0.39 is 90.1 Å². The quantitative estimate of drug-likeness (QED) is 0.0998. The lowest BCUT2D eigenvalue weighted by atomic mass is 9.83. The number of hydrogen-bond acceptors (Lipinski definition) is 9. The molecule has 3 aliphatic rings. The lowest BCUT2D eigenvalue weighted by molar-refractivity contribution is -0.148. The number of aliphatic hydroxyl groups is 1. The molecule has 10 N–H and O–H groups in total. The first-order valence-corrected chi connectivity index (χ1v) is 20.2. The highest BCUT2D eigenvalue weighted by atomic mass is 16.3. The summed E-state index contributed by atoms with van der Waals surface area (Å²) >= 11 is 0. The molecule has 2 heterocycles. The first kappa shape index (κ1) is 44.1. The van der Waals surface area contributed by atoms with Gasteiger partial charge < -0.3 is 48.1 Å².